The monoisotopic (exact) mass is 565 g/mol. The predicted molar refractivity (Wildman–Crippen MR) is 154 cm³/mol. The summed E-state index contributed by atoms with van der Waals surface area (Å²) in [5.74, 6) is 0.118. The van der Waals surface area contributed by atoms with Crippen molar-refractivity contribution in [3.8, 4) is 11.5 Å². The molecule has 3 aromatic rings. The van der Waals surface area contributed by atoms with Gasteiger partial charge in [0.05, 0.1) is 11.9 Å². The van der Waals surface area contributed by atoms with E-state index in [-0.39, 0.29) is 31.4 Å². The Labute approximate surface area is 235 Å². The Morgan fingerprint density at radius 3 is 2.23 bits per heavy atom. The zero-order valence-electron chi connectivity index (χ0n) is 22.8. The minimum absolute atomic E-state index is 0.0375. The van der Waals surface area contributed by atoms with Gasteiger partial charge >= 0.3 is 0 Å². The third-order valence-electron chi connectivity index (χ3n) is 6.62. The fraction of sp³-hybridized carbons (Fsp3) is 0.333. The minimum atomic E-state index is -3.87. The average molecular weight is 566 g/mol. The van der Waals surface area contributed by atoms with Crippen LogP contribution in [-0.4, -0.2) is 57.3 Å². The van der Waals surface area contributed by atoms with Crippen molar-refractivity contribution in [1.29, 1.82) is 0 Å². The SMILES string of the molecule is CCCCNC(=O)C(Cc1ccccc1)N(Cc1ccccc1)C(=O)CN(c1ccc2c(c1)OCO2)S(C)(=O)=O. The molecule has 10 heteroatoms. The molecule has 1 atom stereocenters. The summed E-state index contributed by atoms with van der Waals surface area (Å²) >= 11 is 0. The summed E-state index contributed by atoms with van der Waals surface area (Å²) < 4.78 is 37.6. The number of sulfonamides is 1. The molecule has 1 aliphatic heterocycles. The first-order valence-electron chi connectivity index (χ1n) is 13.3. The number of nitrogens with one attached hydrogen (secondary N) is 1. The lowest BCUT2D eigenvalue weighted by Crippen LogP contribution is -2.53. The summed E-state index contributed by atoms with van der Waals surface area (Å²) in [4.78, 5) is 29.1. The molecule has 3 aromatic carbocycles. The summed E-state index contributed by atoms with van der Waals surface area (Å²) in [6, 6.07) is 22.7. The molecule has 0 fully saturated rings. The van der Waals surface area contributed by atoms with Gasteiger partial charge in [-0.1, -0.05) is 74.0 Å². The number of fused-ring (bicyclic) bond motifs is 1. The topological polar surface area (TPSA) is 105 Å². The third-order valence-corrected chi connectivity index (χ3v) is 7.76. The van der Waals surface area contributed by atoms with Gasteiger partial charge in [0, 0.05) is 25.6 Å². The van der Waals surface area contributed by atoms with Crippen LogP contribution in [0.25, 0.3) is 0 Å². The molecule has 1 aliphatic rings. The number of ether oxygens (including phenoxy) is 2. The van der Waals surface area contributed by atoms with Crippen LogP contribution < -0.4 is 19.1 Å². The second kappa shape index (κ2) is 13.3. The first-order valence-corrected chi connectivity index (χ1v) is 15.1. The zero-order chi connectivity index (χ0) is 28.5. The standard InChI is InChI=1S/C30H35N3O6S/c1-3-4-17-31-30(35)26(18-23-11-7-5-8-12-23)32(20-24-13-9-6-10-14-24)29(34)21-33(40(2,36)37)25-15-16-27-28(19-25)39-22-38-27/h5-16,19,26H,3-4,17-18,20-22H2,1-2H3,(H,31,35). The van der Waals surface area contributed by atoms with E-state index in [1.54, 1.807) is 12.1 Å². The normalized spacial score (nSPS) is 12.9. The van der Waals surface area contributed by atoms with E-state index in [2.05, 4.69) is 5.32 Å². The third kappa shape index (κ3) is 7.53. The van der Waals surface area contributed by atoms with Gasteiger partial charge in [-0.3, -0.25) is 13.9 Å². The molecular formula is C30H35N3O6S. The van der Waals surface area contributed by atoms with Crippen LogP contribution in [0.5, 0.6) is 11.5 Å². The molecule has 40 heavy (non-hydrogen) atoms. The van der Waals surface area contributed by atoms with Crippen LogP contribution in [0.2, 0.25) is 0 Å². The lowest BCUT2D eigenvalue weighted by molar-refractivity contribution is -0.140. The number of anilines is 1. The number of carbonyl (C=O) groups excluding carboxylic acids is 2. The van der Waals surface area contributed by atoms with Gasteiger partial charge in [0.15, 0.2) is 11.5 Å². The number of rotatable bonds is 13. The van der Waals surface area contributed by atoms with Gasteiger partial charge in [0.25, 0.3) is 0 Å². The molecule has 0 saturated heterocycles. The second-order valence-corrected chi connectivity index (χ2v) is 11.6. The maximum Gasteiger partial charge on any atom is 0.244 e. The number of carbonyl (C=O) groups is 2. The van der Waals surface area contributed by atoms with Gasteiger partial charge in [-0.15, -0.1) is 0 Å². The first-order chi connectivity index (χ1) is 19.3. The Hall–Kier alpha value is -4.05. The van der Waals surface area contributed by atoms with Crippen molar-refractivity contribution in [1.82, 2.24) is 10.2 Å². The number of hydrogen-bond donors (Lipinski definition) is 1. The highest BCUT2D eigenvalue weighted by Gasteiger charge is 2.33. The van der Waals surface area contributed by atoms with Crippen LogP contribution in [0, 0.1) is 0 Å². The van der Waals surface area contributed by atoms with E-state index in [9.17, 15) is 18.0 Å². The molecule has 0 spiro atoms. The Morgan fingerprint density at radius 1 is 0.925 bits per heavy atom. The van der Waals surface area contributed by atoms with E-state index in [0.717, 1.165) is 34.5 Å². The van der Waals surface area contributed by atoms with Gasteiger partial charge < -0.3 is 19.7 Å². The molecule has 212 valence electrons. The summed E-state index contributed by atoms with van der Waals surface area (Å²) in [6.07, 6.45) is 3.04. The quantitative estimate of drug-likeness (QED) is 0.317. The number of nitrogens with zero attached hydrogens (tertiary/aromatic N) is 2. The predicted octanol–water partition coefficient (Wildman–Crippen LogP) is 3.74. The molecule has 1 heterocycles. The minimum Gasteiger partial charge on any atom is -0.454 e. The van der Waals surface area contributed by atoms with E-state index < -0.39 is 28.5 Å². The van der Waals surface area contributed by atoms with Crippen LogP contribution in [0.4, 0.5) is 5.69 Å². The Bertz CT molecular complexity index is 1400. The fourth-order valence-corrected chi connectivity index (χ4v) is 5.34. The van der Waals surface area contributed by atoms with Gasteiger partial charge in [-0.05, 0) is 29.7 Å². The zero-order valence-corrected chi connectivity index (χ0v) is 23.6. The molecule has 0 aromatic heterocycles. The number of amides is 2. The van der Waals surface area contributed by atoms with E-state index in [4.69, 9.17) is 9.47 Å². The van der Waals surface area contributed by atoms with Gasteiger partial charge in [0.1, 0.15) is 12.6 Å². The van der Waals surface area contributed by atoms with Crippen molar-refractivity contribution in [2.45, 2.75) is 38.8 Å². The van der Waals surface area contributed by atoms with Gasteiger partial charge in [-0.25, -0.2) is 8.42 Å². The highest BCUT2D eigenvalue weighted by Crippen LogP contribution is 2.36. The summed E-state index contributed by atoms with van der Waals surface area (Å²) in [6.45, 7) is 2.21. The molecule has 1 unspecified atom stereocenters. The molecule has 0 bridgehead atoms. The number of benzene rings is 3. The van der Waals surface area contributed by atoms with Crippen LogP contribution in [0.1, 0.15) is 30.9 Å². The smallest absolute Gasteiger partial charge is 0.244 e. The maximum absolute atomic E-state index is 14.1. The fourth-order valence-electron chi connectivity index (χ4n) is 4.49. The van der Waals surface area contributed by atoms with Crippen LogP contribution in [0.3, 0.4) is 0 Å². The Morgan fingerprint density at radius 2 is 1.57 bits per heavy atom. The van der Waals surface area contributed by atoms with Crippen molar-refractivity contribution in [3.05, 3.63) is 90.0 Å². The van der Waals surface area contributed by atoms with E-state index >= 15 is 0 Å². The molecule has 4 rings (SSSR count). The molecule has 0 aliphatic carbocycles. The van der Waals surface area contributed by atoms with E-state index in [1.807, 2.05) is 67.6 Å². The molecule has 9 nitrogen and oxygen atoms in total. The van der Waals surface area contributed by atoms with Crippen LogP contribution >= 0.6 is 0 Å². The lowest BCUT2D eigenvalue weighted by atomic mass is 10.0. The van der Waals surface area contributed by atoms with Crippen molar-refractivity contribution < 1.29 is 27.5 Å². The van der Waals surface area contributed by atoms with Gasteiger partial charge in [-0.2, -0.15) is 0 Å². The van der Waals surface area contributed by atoms with Gasteiger partial charge in [0.2, 0.25) is 28.6 Å². The molecular weight excluding hydrogens is 530 g/mol. The van der Waals surface area contributed by atoms with Crippen molar-refractivity contribution in [2.24, 2.45) is 0 Å². The van der Waals surface area contributed by atoms with Crippen molar-refractivity contribution >= 4 is 27.5 Å². The van der Waals surface area contributed by atoms with Crippen LogP contribution in [0.15, 0.2) is 78.9 Å². The van der Waals surface area contributed by atoms with E-state index in [0.29, 0.717) is 18.0 Å². The largest absolute Gasteiger partial charge is 0.454 e. The highest BCUT2D eigenvalue weighted by atomic mass is 32.2. The Balaban J connectivity index is 1.69. The maximum atomic E-state index is 14.1. The molecule has 0 radical (unpaired) electrons. The molecule has 2 amide bonds. The summed E-state index contributed by atoms with van der Waals surface area (Å²) in [5.41, 5.74) is 1.98. The Kier molecular flexibility index (Phi) is 9.65. The number of hydrogen-bond acceptors (Lipinski definition) is 6. The first kappa shape index (κ1) is 28.9. The molecule has 1 N–H and O–H groups in total. The highest BCUT2D eigenvalue weighted by molar-refractivity contribution is 7.92. The second-order valence-electron chi connectivity index (χ2n) is 9.66. The van der Waals surface area contributed by atoms with Crippen molar-refractivity contribution in [2.75, 3.05) is 30.4 Å². The van der Waals surface area contributed by atoms with E-state index in [1.165, 1.54) is 11.0 Å². The lowest BCUT2D eigenvalue weighted by Gasteiger charge is -2.33. The molecule has 0 saturated carbocycles. The number of unbranched alkanes of at least 4 members (excludes halogenated alkanes) is 1. The van der Waals surface area contributed by atoms with Crippen molar-refractivity contribution in [3.63, 3.8) is 0 Å². The average Bonchev–Trinajstić information content (AvgIpc) is 3.42. The van der Waals surface area contributed by atoms with Crippen LogP contribution in [-0.2, 0) is 32.6 Å². The summed E-state index contributed by atoms with van der Waals surface area (Å²) in [7, 11) is -3.87. The summed E-state index contributed by atoms with van der Waals surface area (Å²) in [5, 5.41) is 2.97.